The molecule has 1 N–H and O–H groups in total. The molecule has 0 bridgehead atoms. The summed E-state index contributed by atoms with van der Waals surface area (Å²) in [4.78, 5) is 7.54. The highest BCUT2D eigenvalue weighted by Gasteiger charge is 2.19. The first-order valence-electron chi connectivity index (χ1n) is 6.58. The highest BCUT2D eigenvalue weighted by atomic mass is 14.7. The van der Waals surface area contributed by atoms with Crippen LogP contribution in [0.3, 0.4) is 0 Å². The number of hydrogen-bond donors (Lipinski definition) is 1. The smallest absolute Gasteiger partial charge is 0.0457 e. The van der Waals surface area contributed by atoms with Crippen LogP contribution < -0.4 is 0 Å². The van der Waals surface area contributed by atoms with Gasteiger partial charge in [0, 0.05) is 29.7 Å². The van der Waals surface area contributed by atoms with Crippen molar-refractivity contribution in [3.63, 3.8) is 0 Å². The largest absolute Gasteiger partial charge is 0.361 e. The zero-order valence-corrected chi connectivity index (χ0v) is 11.6. The van der Waals surface area contributed by atoms with E-state index in [-0.39, 0.29) is 5.41 Å². The van der Waals surface area contributed by atoms with Crippen LogP contribution in [-0.4, -0.2) is 9.97 Å². The van der Waals surface area contributed by atoms with Gasteiger partial charge in [0.15, 0.2) is 0 Å². The van der Waals surface area contributed by atoms with Gasteiger partial charge in [-0.1, -0.05) is 26.8 Å². The number of nitrogens with one attached hydrogen (secondary N) is 1. The van der Waals surface area contributed by atoms with E-state index in [0.29, 0.717) is 0 Å². The molecule has 2 heteroatoms. The fourth-order valence-corrected chi connectivity index (χ4v) is 2.48. The molecule has 3 rings (SSSR count). The predicted octanol–water partition coefficient (Wildman–Crippen LogP) is 4.53. The van der Waals surface area contributed by atoms with Crippen molar-refractivity contribution in [2.24, 2.45) is 0 Å². The van der Waals surface area contributed by atoms with Crippen LogP contribution in [0.1, 0.15) is 26.3 Å². The Balaban J connectivity index is 2.32. The zero-order chi connectivity index (χ0) is 13.5. The summed E-state index contributed by atoms with van der Waals surface area (Å²) in [5, 5.41) is 1.24. The summed E-state index contributed by atoms with van der Waals surface area (Å²) >= 11 is 0. The lowest BCUT2D eigenvalue weighted by Crippen LogP contribution is -2.12. The number of fused-ring (bicyclic) bond motifs is 1. The van der Waals surface area contributed by atoms with Crippen LogP contribution in [0.4, 0.5) is 0 Å². The quantitative estimate of drug-likeness (QED) is 0.675. The minimum absolute atomic E-state index is 0.102. The summed E-state index contributed by atoms with van der Waals surface area (Å²) in [7, 11) is 0. The average Bonchev–Trinajstić information content (AvgIpc) is 2.84. The first-order valence-corrected chi connectivity index (χ1v) is 6.58. The Morgan fingerprint density at radius 2 is 1.95 bits per heavy atom. The molecule has 0 fully saturated rings. The van der Waals surface area contributed by atoms with Crippen LogP contribution in [-0.2, 0) is 5.41 Å². The third-order valence-corrected chi connectivity index (χ3v) is 3.47. The van der Waals surface area contributed by atoms with E-state index in [1.54, 1.807) is 0 Å². The summed E-state index contributed by atoms with van der Waals surface area (Å²) in [6.07, 6.45) is 5.74. The van der Waals surface area contributed by atoms with Gasteiger partial charge in [-0.2, -0.15) is 0 Å². The van der Waals surface area contributed by atoms with Crippen molar-refractivity contribution in [3.05, 3.63) is 54.5 Å². The van der Waals surface area contributed by atoms with Crippen LogP contribution >= 0.6 is 0 Å². The Kier molecular flexibility index (Phi) is 2.67. The molecule has 0 amide bonds. The molecule has 0 unspecified atom stereocenters. The van der Waals surface area contributed by atoms with E-state index in [2.05, 4.69) is 55.0 Å². The molecule has 2 heterocycles. The van der Waals surface area contributed by atoms with Gasteiger partial charge in [0.1, 0.15) is 0 Å². The van der Waals surface area contributed by atoms with E-state index < -0.39 is 0 Å². The third-order valence-electron chi connectivity index (χ3n) is 3.47. The van der Waals surface area contributed by atoms with Crippen molar-refractivity contribution in [1.29, 1.82) is 0 Å². The Bertz CT molecular complexity index is 703. The summed E-state index contributed by atoms with van der Waals surface area (Å²) in [5.74, 6) is 0. The Hall–Kier alpha value is -2.09. The molecule has 0 aliphatic rings. The van der Waals surface area contributed by atoms with Gasteiger partial charge in [-0.05, 0) is 46.2 Å². The number of benzene rings is 1. The van der Waals surface area contributed by atoms with Gasteiger partial charge in [0.2, 0.25) is 0 Å². The van der Waals surface area contributed by atoms with Crippen molar-refractivity contribution in [2.75, 3.05) is 0 Å². The number of pyridine rings is 1. The molecule has 0 saturated heterocycles. The standard InChI is InChI=1S/C17H18N2/c1-17(2,3)15-10-16-12(6-8-19-16)9-14(15)13-5-4-7-18-11-13/h4-11,19H,1-3H3. The molecule has 2 aromatic heterocycles. The number of rotatable bonds is 1. The van der Waals surface area contributed by atoms with Crippen LogP contribution in [0.25, 0.3) is 22.0 Å². The molecule has 0 radical (unpaired) electrons. The summed E-state index contributed by atoms with van der Waals surface area (Å²) in [6.45, 7) is 6.74. The maximum atomic E-state index is 4.24. The second-order valence-corrected chi connectivity index (χ2v) is 5.95. The minimum Gasteiger partial charge on any atom is -0.361 e. The van der Waals surface area contributed by atoms with Crippen molar-refractivity contribution >= 4 is 10.9 Å². The summed E-state index contributed by atoms with van der Waals surface area (Å²) < 4.78 is 0. The predicted molar refractivity (Wildman–Crippen MR) is 80.2 cm³/mol. The third kappa shape index (κ3) is 2.14. The Morgan fingerprint density at radius 1 is 1.11 bits per heavy atom. The van der Waals surface area contributed by atoms with Crippen LogP contribution in [0.2, 0.25) is 0 Å². The maximum absolute atomic E-state index is 4.24. The first kappa shape index (κ1) is 12.0. The molecule has 0 saturated carbocycles. The van der Waals surface area contributed by atoms with E-state index in [0.717, 1.165) is 0 Å². The van der Waals surface area contributed by atoms with Crippen LogP contribution in [0, 0.1) is 0 Å². The Morgan fingerprint density at radius 3 is 2.63 bits per heavy atom. The van der Waals surface area contributed by atoms with E-state index in [9.17, 15) is 0 Å². The zero-order valence-electron chi connectivity index (χ0n) is 11.6. The molecule has 19 heavy (non-hydrogen) atoms. The van der Waals surface area contributed by atoms with E-state index >= 15 is 0 Å². The van der Waals surface area contributed by atoms with Crippen molar-refractivity contribution in [1.82, 2.24) is 9.97 Å². The highest BCUT2D eigenvalue weighted by Crippen LogP contribution is 2.35. The molecule has 96 valence electrons. The number of hydrogen-bond acceptors (Lipinski definition) is 1. The van der Waals surface area contributed by atoms with Crippen LogP contribution in [0.15, 0.2) is 48.9 Å². The second kappa shape index (κ2) is 4.23. The normalized spacial score (nSPS) is 11.9. The van der Waals surface area contributed by atoms with Gasteiger partial charge in [0.05, 0.1) is 0 Å². The molecule has 0 atom stereocenters. The molecular weight excluding hydrogens is 232 g/mol. The monoisotopic (exact) mass is 250 g/mol. The summed E-state index contributed by atoms with van der Waals surface area (Å²) in [5.41, 5.74) is 5.08. The molecule has 2 nitrogen and oxygen atoms in total. The highest BCUT2D eigenvalue weighted by molar-refractivity contribution is 5.87. The van der Waals surface area contributed by atoms with Crippen molar-refractivity contribution in [2.45, 2.75) is 26.2 Å². The van der Waals surface area contributed by atoms with Gasteiger partial charge in [-0.25, -0.2) is 0 Å². The van der Waals surface area contributed by atoms with Gasteiger partial charge in [-0.15, -0.1) is 0 Å². The van der Waals surface area contributed by atoms with Gasteiger partial charge in [0.25, 0.3) is 0 Å². The molecule has 0 spiro atoms. The first-order chi connectivity index (χ1) is 9.05. The fraction of sp³-hybridized carbons (Fsp3) is 0.235. The maximum Gasteiger partial charge on any atom is 0.0457 e. The van der Waals surface area contributed by atoms with E-state index in [1.165, 1.54) is 27.6 Å². The lowest BCUT2D eigenvalue weighted by atomic mass is 9.81. The number of aromatic amines is 1. The second-order valence-electron chi connectivity index (χ2n) is 5.95. The van der Waals surface area contributed by atoms with Gasteiger partial charge >= 0.3 is 0 Å². The number of nitrogens with zero attached hydrogens (tertiary/aromatic N) is 1. The number of aromatic nitrogens is 2. The molecular formula is C17H18N2. The average molecular weight is 250 g/mol. The lowest BCUT2D eigenvalue weighted by Gasteiger charge is -2.23. The topological polar surface area (TPSA) is 28.7 Å². The molecule has 0 aliphatic carbocycles. The SMILES string of the molecule is CC(C)(C)c1cc2[nH]ccc2cc1-c1cccnc1. The van der Waals surface area contributed by atoms with Gasteiger partial charge in [-0.3, -0.25) is 4.98 Å². The number of H-pyrrole nitrogens is 1. The molecule has 0 aliphatic heterocycles. The Labute approximate surface area is 113 Å². The molecule has 1 aromatic carbocycles. The fourth-order valence-electron chi connectivity index (χ4n) is 2.48. The summed E-state index contributed by atoms with van der Waals surface area (Å²) in [6, 6.07) is 10.7. The van der Waals surface area contributed by atoms with Crippen molar-refractivity contribution < 1.29 is 0 Å². The van der Waals surface area contributed by atoms with Crippen molar-refractivity contribution in [3.8, 4) is 11.1 Å². The minimum atomic E-state index is 0.102. The van der Waals surface area contributed by atoms with E-state index in [4.69, 9.17) is 0 Å². The van der Waals surface area contributed by atoms with E-state index in [1.807, 2.05) is 24.7 Å². The van der Waals surface area contributed by atoms with Crippen LogP contribution in [0.5, 0.6) is 0 Å². The van der Waals surface area contributed by atoms with Gasteiger partial charge < -0.3 is 4.98 Å². The lowest BCUT2D eigenvalue weighted by molar-refractivity contribution is 0.592. The molecule has 3 aromatic rings.